The molecule has 1 saturated heterocycles. The molecule has 90 valence electrons. The fourth-order valence-corrected chi connectivity index (χ4v) is 2.03. The van der Waals surface area contributed by atoms with E-state index in [1.54, 1.807) is 0 Å². The molecule has 2 atom stereocenters. The Bertz CT molecular complexity index is 276. The van der Waals surface area contributed by atoms with Gasteiger partial charge in [0.2, 0.25) is 0 Å². The summed E-state index contributed by atoms with van der Waals surface area (Å²) in [6.07, 6.45) is 0.665. The normalized spacial score (nSPS) is 24.6. The number of morpholine rings is 1. The van der Waals surface area contributed by atoms with Gasteiger partial charge in [-0.15, -0.1) is 0 Å². The van der Waals surface area contributed by atoms with Crippen LogP contribution >= 0.6 is 0 Å². The van der Waals surface area contributed by atoms with Crippen LogP contribution in [0, 0.1) is 0 Å². The van der Waals surface area contributed by atoms with Gasteiger partial charge in [-0.3, -0.25) is 0 Å². The van der Waals surface area contributed by atoms with Crippen LogP contribution in [-0.4, -0.2) is 25.3 Å². The molecule has 0 radical (unpaired) electrons. The first kappa shape index (κ1) is 13.0. The van der Waals surface area contributed by atoms with Crippen LogP contribution in [0.5, 0.6) is 0 Å². The van der Waals surface area contributed by atoms with E-state index in [0.717, 1.165) is 13.1 Å². The molecule has 1 aliphatic heterocycles. The van der Waals surface area contributed by atoms with E-state index >= 15 is 0 Å². The molecule has 0 amide bonds. The lowest BCUT2D eigenvalue weighted by Gasteiger charge is -2.36. The number of para-hydroxylation sites is 1. The van der Waals surface area contributed by atoms with Gasteiger partial charge in [0, 0.05) is 18.8 Å². The van der Waals surface area contributed by atoms with Gasteiger partial charge in [-0.1, -0.05) is 32.0 Å². The summed E-state index contributed by atoms with van der Waals surface area (Å²) in [5.41, 5.74) is 1.30. The van der Waals surface area contributed by atoms with Crippen LogP contribution < -0.4 is 4.90 Å². The first-order valence-corrected chi connectivity index (χ1v) is 6.21. The molecule has 1 fully saturated rings. The van der Waals surface area contributed by atoms with Gasteiger partial charge < -0.3 is 9.64 Å². The minimum atomic E-state index is 0.332. The highest BCUT2D eigenvalue weighted by Crippen LogP contribution is 2.19. The Morgan fingerprint density at radius 2 is 1.50 bits per heavy atom. The van der Waals surface area contributed by atoms with Gasteiger partial charge in [0.25, 0.3) is 0 Å². The molecule has 1 aliphatic rings. The van der Waals surface area contributed by atoms with Crippen molar-refractivity contribution in [3.05, 3.63) is 30.3 Å². The summed E-state index contributed by atoms with van der Waals surface area (Å²) in [6.45, 7) is 10.2. The molecular formula is C14H23NO. The lowest BCUT2D eigenvalue weighted by atomic mass is 10.2. The average Bonchev–Trinajstić information content (AvgIpc) is 2.32. The predicted octanol–water partition coefficient (Wildman–Crippen LogP) is 3.33. The summed E-state index contributed by atoms with van der Waals surface area (Å²) in [5.74, 6) is 0. The zero-order valence-electron chi connectivity index (χ0n) is 10.8. The Morgan fingerprint density at radius 1 is 1.00 bits per heavy atom. The molecule has 2 heteroatoms. The van der Waals surface area contributed by atoms with Crippen LogP contribution in [0.25, 0.3) is 0 Å². The number of hydrogen-bond acceptors (Lipinski definition) is 2. The van der Waals surface area contributed by atoms with Gasteiger partial charge in [0.05, 0.1) is 12.2 Å². The topological polar surface area (TPSA) is 12.5 Å². The van der Waals surface area contributed by atoms with Crippen molar-refractivity contribution >= 4 is 5.69 Å². The molecule has 0 aliphatic carbocycles. The van der Waals surface area contributed by atoms with Crippen molar-refractivity contribution in [2.24, 2.45) is 0 Å². The lowest BCUT2D eigenvalue weighted by Crippen LogP contribution is -2.45. The van der Waals surface area contributed by atoms with Gasteiger partial charge in [-0.05, 0) is 26.0 Å². The second kappa shape index (κ2) is 6.54. The molecule has 0 spiro atoms. The quantitative estimate of drug-likeness (QED) is 0.721. The Morgan fingerprint density at radius 3 is 2.00 bits per heavy atom. The van der Waals surface area contributed by atoms with Gasteiger partial charge in [0.1, 0.15) is 0 Å². The highest BCUT2D eigenvalue weighted by Gasteiger charge is 2.21. The van der Waals surface area contributed by atoms with Crippen molar-refractivity contribution in [3.63, 3.8) is 0 Å². The van der Waals surface area contributed by atoms with Crippen molar-refractivity contribution in [1.82, 2.24) is 0 Å². The van der Waals surface area contributed by atoms with Crippen molar-refractivity contribution in [3.8, 4) is 0 Å². The summed E-state index contributed by atoms with van der Waals surface area (Å²) < 4.78 is 5.70. The van der Waals surface area contributed by atoms with Crippen LogP contribution in [-0.2, 0) is 4.74 Å². The second-order valence-electron chi connectivity index (χ2n) is 4.00. The molecule has 1 heterocycles. The molecular weight excluding hydrogens is 198 g/mol. The van der Waals surface area contributed by atoms with Crippen molar-refractivity contribution < 1.29 is 4.74 Å². The number of hydrogen-bond donors (Lipinski definition) is 0. The molecule has 0 bridgehead atoms. The van der Waals surface area contributed by atoms with E-state index in [1.807, 2.05) is 13.8 Å². The van der Waals surface area contributed by atoms with E-state index in [1.165, 1.54) is 5.69 Å². The molecule has 1 aromatic rings. The van der Waals surface area contributed by atoms with Crippen LogP contribution in [0.3, 0.4) is 0 Å². The maximum absolute atomic E-state index is 5.70. The molecule has 2 nitrogen and oxygen atoms in total. The SMILES string of the molecule is CC.CC1CN(c2ccccc2)CC(C)O1. The molecule has 0 aromatic heterocycles. The van der Waals surface area contributed by atoms with Gasteiger partial charge in [-0.2, -0.15) is 0 Å². The second-order valence-corrected chi connectivity index (χ2v) is 4.00. The van der Waals surface area contributed by atoms with Crippen molar-refractivity contribution in [2.75, 3.05) is 18.0 Å². The number of ether oxygens (including phenoxy) is 1. The number of anilines is 1. The van der Waals surface area contributed by atoms with Crippen LogP contribution in [0.1, 0.15) is 27.7 Å². The molecule has 0 N–H and O–H groups in total. The third-order valence-corrected chi connectivity index (χ3v) is 2.54. The number of benzene rings is 1. The first-order chi connectivity index (χ1) is 7.75. The Kier molecular flexibility index (Phi) is 5.33. The first-order valence-electron chi connectivity index (χ1n) is 6.21. The van der Waals surface area contributed by atoms with Gasteiger partial charge in [0.15, 0.2) is 0 Å². The molecule has 0 saturated carbocycles. The van der Waals surface area contributed by atoms with Crippen molar-refractivity contribution in [1.29, 1.82) is 0 Å². The fraction of sp³-hybridized carbons (Fsp3) is 0.571. The minimum Gasteiger partial charge on any atom is -0.372 e. The van der Waals surface area contributed by atoms with E-state index in [-0.39, 0.29) is 0 Å². The summed E-state index contributed by atoms with van der Waals surface area (Å²) >= 11 is 0. The largest absolute Gasteiger partial charge is 0.372 e. The van der Waals surface area contributed by atoms with Gasteiger partial charge >= 0.3 is 0 Å². The van der Waals surface area contributed by atoms with Crippen LogP contribution in [0.15, 0.2) is 30.3 Å². The summed E-state index contributed by atoms with van der Waals surface area (Å²) in [6, 6.07) is 10.5. The molecule has 2 unspecified atom stereocenters. The maximum Gasteiger partial charge on any atom is 0.0726 e. The number of nitrogens with zero attached hydrogens (tertiary/aromatic N) is 1. The van der Waals surface area contributed by atoms with E-state index in [0.29, 0.717) is 12.2 Å². The van der Waals surface area contributed by atoms with E-state index < -0.39 is 0 Å². The average molecular weight is 221 g/mol. The Balaban J connectivity index is 0.000000606. The van der Waals surface area contributed by atoms with Crippen molar-refractivity contribution in [2.45, 2.75) is 39.9 Å². The zero-order chi connectivity index (χ0) is 12.0. The third kappa shape index (κ3) is 3.53. The van der Waals surface area contributed by atoms with Crippen LogP contribution in [0.2, 0.25) is 0 Å². The standard InChI is InChI=1S/C12H17NO.C2H6/c1-10-8-13(9-11(2)14-10)12-6-4-3-5-7-12;1-2/h3-7,10-11H,8-9H2,1-2H3;1-2H3. The third-order valence-electron chi connectivity index (χ3n) is 2.54. The van der Waals surface area contributed by atoms with E-state index in [2.05, 4.69) is 49.1 Å². The van der Waals surface area contributed by atoms with Crippen LogP contribution in [0.4, 0.5) is 5.69 Å². The smallest absolute Gasteiger partial charge is 0.0726 e. The van der Waals surface area contributed by atoms with E-state index in [9.17, 15) is 0 Å². The predicted molar refractivity (Wildman–Crippen MR) is 70.0 cm³/mol. The monoisotopic (exact) mass is 221 g/mol. The maximum atomic E-state index is 5.70. The Hall–Kier alpha value is -1.02. The highest BCUT2D eigenvalue weighted by atomic mass is 16.5. The number of rotatable bonds is 1. The minimum absolute atomic E-state index is 0.332. The summed E-state index contributed by atoms with van der Waals surface area (Å²) in [4.78, 5) is 2.39. The fourth-order valence-electron chi connectivity index (χ4n) is 2.03. The molecule has 1 aromatic carbocycles. The zero-order valence-corrected chi connectivity index (χ0v) is 10.8. The lowest BCUT2D eigenvalue weighted by molar-refractivity contribution is -0.00521. The van der Waals surface area contributed by atoms with Gasteiger partial charge in [-0.25, -0.2) is 0 Å². The molecule has 16 heavy (non-hydrogen) atoms. The summed E-state index contributed by atoms with van der Waals surface area (Å²) in [5, 5.41) is 0. The molecule has 2 rings (SSSR count). The highest BCUT2D eigenvalue weighted by molar-refractivity contribution is 5.46. The Labute approximate surface area is 99.2 Å². The van der Waals surface area contributed by atoms with E-state index in [4.69, 9.17) is 4.74 Å². The summed E-state index contributed by atoms with van der Waals surface area (Å²) in [7, 11) is 0.